The normalized spacial score (nSPS) is 14.4. The average molecular weight is 794 g/mol. The summed E-state index contributed by atoms with van der Waals surface area (Å²) >= 11 is 0. The molecule has 2 aliphatic rings. The van der Waals surface area contributed by atoms with Gasteiger partial charge in [-0.3, -0.25) is 0 Å². The van der Waals surface area contributed by atoms with Crippen molar-refractivity contribution >= 4 is 71.3 Å². The van der Waals surface area contributed by atoms with Gasteiger partial charge in [-0.05, 0) is 137 Å². The SMILES string of the molecule is CC1(C)c2ccccc2-c2ccc(N(c3ccc(-c4ccc5c6ccccc6c6c(ccc7oc8ccccc8c76)c5c4)cc3)c3cccc4c3C(C)(C)c3ccccc3-4)cc21. The molecule has 13 rings (SSSR count). The molecule has 0 spiro atoms. The Kier molecular flexibility index (Phi) is 7.16. The van der Waals surface area contributed by atoms with Gasteiger partial charge in [-0.2, -0.15) is 0 Å². The van der Waals surface area contributed by atoms with Crippen molar-refractivity contribution in [2.75, 3.05) is 4.90 Å². The first-order chi connectivity index (χ1) is 30.3. The van der Waals surface area contributed by atoms with E-state index in [9.17, 15) is 0 Å². The first-order valence-corrected chi connectivity index (χ1v) is 21.8. The molecular formula is C60H43NO. The van der Waals surface area contributed by atoms with Gasteiger partial charge in [-0.1, -0.05) is 161 Å². The zero-order chi connectivity index (χ0) is 41.5. The molecule has 0 unspecified atom stereocenters. The van der Waals surface area contributed by atoms with Gasteiger partial charge in [-0.25, -0.2) is 0 Å². The van der Waals surface area contributed by atoms with E-state index in [0.717, 1.165) is 22.2 Å². The van der Waals surface area contributed by atoms with E-state index in [1.54, 1.807) is 0 Å². The number of furan rings is 1. The number of rotatable bonds is 4. The molecule has 1 aromatic heterocycles. The van der Waals surface area contributed by atoms with E-state index >= 15 is 0 Å². The van der Waals surface area contributed by atoms with Crippen LogP contribution < -0.4 is 4.90 Å². The van der Waals surface area contributed by atoms with Crippen LogP contribution in [0.5, 0.6) is 0 Å². The van der Waals surface area contributed by atoms with Crippen molar-refractivity contribution < 1.29 is 4.42 Å². The van der Waals surface area contributed by atoms with Crippen LogP contribution in [0.3, 0.4) is 0 Å². The first kappa shape index (κ1) is 35.3. The maximum absolute atomic E-state index is 6.40. The second kappa shape index (κ2) is 12.6. The third-order valence-corrected chi connectivity index (χ3v) is 14.4. The molecule has 0 fully saturated rings. The number of para-hydroxylation sites is 1. The highest BCUT2D eigenvalue weighted by Gasteiger charge is 2.40. The Labute approximate surface area is 361 Å². The lowest BCUT2D eigenvalue weighted by Crippen LogP contribution is -2.21. The number of anilines is 3. The lowest BCUT2D eigenvalue weighted by atomic mass is 9.81. The van der Waals surface area contributed by atoms with Crippen molar-refractivity contribution in [1.29, 1.82) is 0 Å². The van der Waals surface area contributed by atoms with Crippen LogP contribution in [0.15, 0.2) is 192 Å². The number of benzene rings is 10. The summed E-state index contributed by atoms with van der Waals surface area (Å²) in [4.78, 5) is 2.51. The van der Waals surface area contributed by atoms with Crippen LogP contribution in [0.25, 0.3) is 87.6 Å². The van der Waals surface area contributed by atoms with Crippen LogP contribution in [0.1, 0.15) is 49.9 Å². The molecule has 11 aromatic rings. The van der Waals surface area contributed by atoms with Crippen molar-refractivity contribution in [2.24, 2.45) is 0 Å². The molecule has 10 aromatic carbocycles. The Morgan fingerprint density at radius 1 is 0.355 bits per heavy atom. The van der Waals surface area contributed by atoms with Gasteiger partial charge >= 0.3 is 0 Å². The van der Waals surface area contributed by atoms with Crippen LogP contribution in [0.4, 0.5) is 17.1 Å². The van der Waals surface area contributed by atoms with Crippen LogP contribution in [-0.4, -0.2) is 0 Å². The molecular weight excluding hydrogens is 751 g/mol. The summed E-state index contributed by atoms with van der Waals surface area (Å²) in [6.07, 6.45) is 0. The molecule has 62 heavy (non-hydrogen) atoms. The van der Waals surface area contributed by atoms with Gasteiger partial charge in [-0.15, -0.1) is 0 Å². The Morgan fingerprint density at radius 3 is 1.74 bits per heavy atom. The van der Waals surface area contributed by atoms with Crippen LogP contribution >= 0.6 is 0 Å². The quantitative estimate of drug-likeness (QED) is 0.165. The van der Waals surface area contributed by atoms with Crippen molar-refractivity contribution in [1.82, 2.24) is 0 Å². The van der Waals surface area contributed by atoms with Gasteiger partial charge in [0.25, 0.3) is 0 Å². The van der Waals surface area contributed by atoms with Crippen LogP contribution in [-0.2, 0) is 10.8 Å². The predicted octanol–water partition coefficient (Wildman–Crippen LogP) is 16.8. The Morgan fingerprint density at radius 2 is 0.935 bits per heavy atom. The minimum atomic E-state index is -0.181. The molecule has 0 radical (unpaired) electrons. The van der Waals surface area contributed by atoms with E-state index in [-0.39, 0.29) is 10.8 Å². The zero-order valence-corrected chi connectivity index (χ0v) is 35.3. The van der Waals surface area contributed by atoms with Crippen LogP contribution in [0.2, 0.25) is 0 Å². The minimum Gasteiger partial charge on any atom is -0.456 e. The van der Waals surface area contributed by atoms with Gasteiger partial charge in [0.15, 0.2) is 0 Å². The highest BCUT2D eigenvalue weighted by Crippen LogP contribution is 2.56. The second-order valence-electron chi connectivity index (χ2n) is 18.4. The molecule has 0 saturated heterocycles. The maximum atomic E-state index is 6.40. The van der Waals surface area contributed by atoms with E-state index in [2.05, 4.69) is 221 Å². The summed E-state index contributed by atoms with van der Waals surface area (Å²) in [5, 5.41) is 9.84. The fourth-order valence-electron chi connectivity index (χ4n) is 11.5. The largest absolute Gasteiger partial charge is 0.456 e. The fraction of sp³-hybridized carbons (Fsp3) is 0.100. The summed E-state index contributed by atoms with van der Waals surface area (Å²) in [5.74, 6) is 0. The Bertz CT molecular complexity index is 3690. The third-order valence-electron chi connectivity index (χ3n) is 14.4. The van der Waals surface area contributed by atoms with E-state index in [0.29, 0.717) is 0 Å². The second-order valence-corrected chi connectivity index (χ2v) is 18.4. The Hall–Kier alpha value is -7.42. The lowest BCUT2D eigenvalue weighted by molar-refractivity contribution is 0.658. The van der Waals surface area contributed by atoms with Crippen LogP contribution in [0, 0.1) is 0 Å². The standard InChI is InChI=1S/C60H43NO/c1-59(2)50-20-10-7-15-42(50)44-31-29-39(35-52(44)59)61(53-22-13-19-47-43-16-8-11-21-51(43)60(3,4)58(47)53)38-27-24-36(25-28-38)37-26-30-41-40-14-5-6-17-45(40)56-46(49(41)34-37)32-33-55-57(56)48-18-9-12-23-54(48)62-55/h5-35H,1-4H3. The van der Waals surface area contributed by atoms with E-state index in [1.807, 2.05) is 0 Å². The van der Waals surface area contributed by atoms with Gasteiger partial charge in [0, 0.05) is 38.4 Å². The molecule has 0 atom stereocenters. The van der Waals surface area contributed by atoms with Gasteiger partial charge < -0.3 is 9.32 Å². The number of hydrogen-bond acceptors (Lipinski definition) is 2. The van der Waals surface area contributed by atoms with E-state index in [4.69, 9.17) is 4.42 Å². The maximum Gasteiger partial charge on any atom is 0.136 e. The summed E-state index contributed by atoms with van der Waals surface area (Å²) in [6, 6.07) is 69.8. The predicted molar refractivity (Wildman–Crippen MR) is 261 cm³/mol. The lowest BCUT2D eigenvalue weighted by Gasteiger charge is -2.33. The molecule has 0 aliphatic heterocycles. The molecule has 2 nitrogen and oxygen atoms in total. The van der Waals surface area contributed by atoms with Crippen molar-refractivity contribution in [2.45, 2.75) is 38.5 Å². The minimum absolute atomic E-state index is 0.117. The number of fused-ring (bicyclic) bond motifs is 16. The topological polar surface area (TPSA) is 16.4 Å². The van der Waals surface area contributed by atoms with Gasteiger partial charge in [0.2, 0.25) is 0 Å². The van der Waals surface area contributed by atoms with Gasteiger partial charge in [0.1, 0.15) is 11.2 Å². The van der Waals surface area contributed by atoms with E-state index in [1.165, 1.54) is 105 Å². The van der Waals surface area contributed by atoms with Crippen molar-refractivity contribution in [3.05, 3.63) is 210 Å². The molecule has 2 heteroatoms. The zero-order valence-electron chi connectivity index (χ0n) is 35.3. The van der Waals surface area contributed by atoms with E-state index < -0.39 is 0 Å². The average Bonchev–Trinajstić information content (AvgIpc) is 3.89. The number of hydrogen-bond donors (Lipinski definition) is 0. The molecule has 2 aliphatic carbocycles. The molecule has 294 valence electrons. The highest BCUT2D eigenvalue weighted by atomic mass is 16.3. The van der Waals surface area contributed by atoms with Gasteiger partial charge in [0.05, 0.1) is 5.69 Å². The fourth-order valence-corrected chi connectivity index (χ4v) is 11.5. The molecule has 0 amide bonds. The molecule has 0 N–H and O–H groups in total. The summed E-state index contributed by atoms with van der Waals surface area (Å²) in [7, 11) is 0. The number of nitrogens with zero attached hydrogens (tertiary/aromatic N) is 1. The molecule has 1 heterocycles. The summed E-state index contributed by atoms with van der Waals surface area (Å²) in [5.41, 5.74) is 18.2. The van der Waals surface area contributed by atoms with Crippen molar-refractivity contribution in [3.63, 3.8) is 0 Å². The highest BCUT2D eigenvalue weighted by molar-refractivity contribution is 6.34. The smallest absolute Gasteiger partial charge is 0.136 e. The Balaban J connectivity index is 0.992. The third kappa shape index (κ3) is 4.75. The van der Waals surface area contributed by atoms with Crippen molar-refractivity contribution in [3.8, 4) is 33.4 Å². The summed E-state index contributed by atoms with van der Waals surface area (Å²) < 4.78 is 6.40. The molecule has 0 saturated carbocycles. The monoisotopic (exact) mass is 793 g/mol. The first-order valence-electron chi connectivity index (χ1n) is 21.8. The summed E-state index contributed by atoms with van der Waals surface area (Å²) in [6.45, 7) is 9.52. The molecule has 0 bridgehead atoms.